The van der Waals surface area contributed by atoms with E-state index >= 15 is 0 Å². The summed E-state index contributed by atoms with van der Waals surface area (Å²) in [7, 11) is 1.62. The maximum atomic E-state index is 12.4. The number of hydrogen-bond donors (Lipinski definition) is 2. The molecule has 0 radical (unpaired) electrons. The van der Waals surface area contributed by atoms with Crippen LogP contribution in [0.4, 0.5) is 5.69 Å². The Labute approximate surface area is 119 Å². The van der Waals surface area contributed by atoms with Crippen molar-refractivity contribution in [3.8, 4) is 0 Å². The molecule has 0 heterocycles. The van der Waals surface area contributed by atoms with Crippen LogP contribution in [0.15, 0.2) is 24.3 Å². The van der Waals surface area contributed by atoms with Gasteiger partial charge in [-0.1, -0.05) is 12.1 Å². The molecule has 110 valence electrons. The molecule has 0 aliphatic heterocycles. The summed E-state index contributed by atoms with van der Waals surface area (Å²) in [5.41, 5.74) is 0.191. The molecule has 20 heavy (non-hydrogen) atoms. The maximum absolute atomic E-state index is 12.4. The number of rotatable bonds is 4. The van der Waals surface area contributed by atoms with Gasteiger partial charge < -0.3 is 15.3 Å². The van der Waals surface area contributed by atoms with Crippen molar-refractivity contribution in [1.82, 2.24) is 5.32 Å². The number of hydrogen-bond acceptors (Lipinski definition) is 3. The fourth-order valence-electron chi connectivity index (χ4n) is 1.59. The maximum Gasteiger partial charge on any atom is 0.253 e. The monoisotopic (exact) mass is 278 g/mol. The number of nitrogens with one attached hydrogen (secondary N) is 1. The molecule has 0 fully saturated rings. The summed E-state index contributed by atoms with van der Waals surface area (Å²) >= 11 is 0. The summed E-state index contributed by atoms with van der Waals surface area (Å²) in [6.45, 7) is 6.54. The van der Waals surface area contributed by atoms with Gasteiger partial charge in [0.1, 0.15) is 0 Å². The van der Waals surface area contributed by atoms with Gasteiger partial charge in [0, 0.05) is 14.0 Å². The first kappa shape index (κ1) is 16.2. The molecule has 2 amide bonds. The third-order valence-corrected chi connectivity index (χ3v) is 3.46. The van der Waals surface area contributed by atoms with E-state index in [1.807, 2.05) is 0 Å². The molecule has 5 heteroatoms. The molecular formula is C15H22N2O3. The third kappa shape index (κ3) is 3.57. The van der Waals surface area contributed by atoms with E-state index < -0.39 is 11.6 Å². The normalized spacial score (nSPS) is 12.7. The lowest BCUT2D eigenvalue weighted by molar-refractivity contribution is -0.116. The van der Waals surface area contributed by atoms with Crippen LogP contribution in [0.25, 0.3) is 0 Å². The summed E-state index contributed by atoms with van der Waals surface area (Å²) < 4.78 is 0. The largest absolute Gasteiger partial charge is 0.391 e. The minimum absolute atomic E-state index is 0.153. The molecule has 0 aromatic heterocycles. The summed E-state index contributed by atoms with van der Waals surface area (Å²) in [6, 6.07) is 6.88. The zero-order valence-electron chi connectivity index (χ0n) is 12.6. The molecule has 1 atom stereocenters. The topological polar surface area (TPSA) is 69.6 Å². The highest BCUT2D eigenvalue weighted by atomic mass is 16.3. The van der Waals surface area contributed by atoms with E-state index in [0.29, 0.717) is 11.3 Å². The molecule has 1 rings (SSSR count). The Kier molecular flexibility index (Phi) is 4.89. The average molecular weight is 278 g/mol. The fraction of sp³-hybridized carbons (Fsp3) is 0.467. The van der Waals surface area contributed by atoms with E-state index in [-0.39, 0.29) is 11.8 Å². The van der Waals surface area contributed by atoms with Crippen molar-refractivity contribution in [2.75, 3.05) is 11.9 Å². The minimum atomic E-state index is -0.751. The molecule has 0 spiro atoms. The van der Waals surface area contributed by atoms with Crippen LogP contribution in [-0.2, 0) is 4.79 Å². The zero-order chi connectivity index (χ0) is 15.5. The molecule has 0 bridgehead atoms. The van der Waals surface area contributed by atoms with Crippen LogP contribution in [0.1, 0.15) is 38.1 Å². The Morgan fingerprint density at radius 2 is 1.85 bits per heavy atom. The second-order valence-corrected chi connectivity index (χ2v) is 5.45. The highest BCUT2D eigenvalue weighted by Crippen LogP contribution is 2.20. The summed E-state index contributed by atoms with van der Waals surface area (Å²) in [6.07, 6.45) is -0.691. The first-order valence-electron chi connectivity index (χ1n) is 6.50. The van der Waals surface area contributed by atoms with Crippen LogP contribution in [-0.4, -0.2) is 35.6 Å². The van der Waals surface area contributed by atoms with E-state index in [1.54, 1.807) is 52.1 Å². The Bertz CT molecular complexity index is 510. The van der Waals surface area contributed by atoms with Crippen LogP contribution >= 0.6 is 0 Å². The number of anilines is 1. The number of amides is 2. The van der Waals surface area contributed by atoms with Crippen LogP contribution in [0.5, 0.6) is 0 Å². The van der Waals surface area contributed by atoms with Crippen LogP contribution < -0.4 is 10.2 Å². The number of aliphatic hydroxyl groups excluding tert-OH is 1. The quantitative estimate of drug-likeness (QED) is 0.878. The molecule has 0 aliphatic rings. The van der Waals surface area contributed by atoms with Gasteiger partial charge in [0.2, 0.25) is 5.91 Å². The summed E-state index contributed by atoms with van der Waals surface area (Å²) in [5, 5.41) is 12.4. The lowest BCUT2D eigenvalue weighted by Crippen LogP contribution is -2.51. The van der Waals surface area contributed by atoms with E-state index in [2.05, 4.69) is 5.32 Å². The SMILES string of the molecule is CC(=O)N(C)c1ccccc1C(=O)NC(C)(C)C(C)O. The molecule has 1 aromatic carbocycles. The first-order chi connectivity index (χ1) is 9.16. The van der Waals surface area contributed by atoms with E-state index in [9.17, 15) is 14.7 Å². The van der Waals surface area contributed by atoms with Gasteiger partial charge in [-0.2, -0.15) is 0 Å². The average Bonchev–Trinajstić information content (AvgIpc) is 2.37. The minimum Gasteiger partial charge on any atom is -0.391 e. The summed E-state index contributed by atoms with van der Waals surface area (Å²) in [5.74, 6) is -0.473. The van der Waals surface area contributed by atoms with Crippen molar-refractivity contribution in [3.63, 3.8) is 0 Å². The molecule has 1 unspecified atom stereocenters. The van der Waals surface area contributed by atoms with Gasteiger partial charge in [0.25, 0.3) is 5.91 Å². The van der Waals surface area contributed by atoms with Gasteiger partial charge in [0.15, 0.2) is 0 Å². The van der Waals surface area contributed by atoms with Crippen molar-refractivity contribution in [3.05, 3.63) is 29.8 Å². The second kappa shape index (κ2) is 6.05. The molecule has 0 saturated carbocycles. The van der Waals surface area contributed by atoms with Crippen molar-refractivity contribution in [2.24, 2.45) is 0 Å². The second-order valence-electron chi connectivity index (χ2n) is 5.45. The molecule has 5 nitrogen and oxygen atoms in total. The highest BCUT2D eigenvalue weighted by Gasteiger charge is 2.27. The number of para-hydroxylation sites is 1. The molecule has 1 aromatic rings. The standard InChI is InChI=1S/C15H22N2O3/c1-10(18)15(3,4)16-14(20)12-8-6-7-9-13(12)17(5)11(2)19/h6-10,18H,1-5H3,(H,16,20). The van der Waals surface area contributed by atoms with Gasteiger partial charge in [-0.25, -0.2) is 0 Å². The van der Waals surface area contributed by atoms with E-state index in [4.69, 9.17) is 0 Å². The van der Waals surface area contributed by atoms with Gasteiger partial charge in [-0.3, -0.25) is 9.59 Å². The predicted octanol–water partition coefficient (Wildman–Crippen LogP) is 1.56. The Morgan fingerprint density at radius 3 is 2.35 bits per heavy atom. The molecule has 2 N–H and O–H groups in total. The molecular weight excluding hydrogens is 256 g/mol. The lowest BCUT2D eigenvalue weighted by atomic mass is 9.98. The van der Waals surface area contributed by atoms with Crippen LogP contribution in [0.2, 0.25) is 0 Å². The van der Waals surface area contributed by atoms with E-state index in [0.717, 1.165) is 0 Å². The number of benzene rings is 1. The van der Waals surface area contributed by atoms with Crippen molar-refractivity contribution < 1.29 is 14.7 Å². The first-order valence-corrected chi connectivity index (χ1v) is 6.50. The number of aliphatic hydroxyl groups is 1. The van der Waals surface area contributed by atoms with Crippen molar-refractivity contribution in [1.29, 1.82) is 0 Å². The number of carbonyl (C=O) groups is 2. The molecule has 0 aliphatic carbocycles. The van der Waals surface area contributed by atoms with Gasteiger partial charge in [-0.15, -0.1) is 0 Å². The number of nitrogens with zero attached hydrogens (tertiary/aromatic N) is 1. The smallest absolute Gasteiger partial charge is 0.253 e. The Hall–Kier alpha value is -1.88. The van der Waals surface area contributed by atoms with Gasteiger partial charge in [0.05, 0.1) is 22.9 Å². The van der Waals surface area contributed by atoms with Crippen LogP contribution in [0.3, 0.4) is 0 Å². The summed E-state index contributed by atoms with van der Waals surface area (Å²) in [4.78, 5) is 25.2. The third-order valence-electron chi connectivity index (χ3n) is 3.46. The predicted molar refractivity (Wildman–Crippen MR) is 78.8 cm³/mol. The number of carbonyl (C=O) groups excluding carboxylic acids is 2. The van der Waals surface area contributed by atoms with Crippen LogP contribution in [0, 0.1) is 0 Å². The van der Waals surface area contributed by atoms with Gasteiger partial charge in [-0.05, 0) is 32.9 Å². The Morgan fingerprint density at radius 1 is 1.30 bits per heavy atom. The zero-order valence-corrected chi connectivity index (χ0v) is 12.6. The van der Waals surface area contributed by atoms with Gasteiger partial charge >= 0.3 is 0 Å². The Balaban J connectivity index is 3.09. The van der Waals surface area contributed by atoms with Crippen molar-refractivity contribution in [2.45, 2.75) is 39.3 Å². The van der Waals surface area contributed by atoms with Crippen molar-refractivity contribution >= 4 is 17.5 Å². The highest BCUT2D eigenvalue weighted by molar-refractivity contribution is 6.04. The molecule has 0 saturated heterocycles. The van der Waals surface area contributed by atoms with E-state index in [1.165, 1.54) is 11.8 Å². The fourth-order valence-corrected chi connectivity index (χ4v) is 1.59. The lowest BCUT2D eigenvalue weighted by Gasteiger charge is -2.30.